The molecule has 100 valence electrons. The smallest absolute Gasteiger partial charge is 0.0471 e. The number of hydrogen-bond acceptors (Lipinski definition) is 2. The van der Waals surface area contributed by atoms with Gasteiger partial charge in [0.25, 0.3) is 0 Å². The number of nitrogens with one attached hydrogen (secondary N) is 1. The highest BCUT2D eigenvalue weighted by Crippen LogP contribution is 2.30. The number of benzene rings is 1. The van der Waals surface area contributed by atoms with Crippen LogP contribution in [-0.4, -0.2) is 20.6 Å². The Morgan fingerprint density at radius 1 is 1.33 bits per heavy atom. The van der Waals surface area contributed by atoms with E-state index in [0.717, 1.165) is 24.0 Å². The van der Waals surface area contributed by atoms with E-state index < -0.39 is 0 Å². The van der Waals surface area contributed by atoms with Crippen LogP contribution in [0.4, 0.5) is 5.69 Å². The van der Waals surface area contributed by atoms with Gasteiger partial charge in [-0.15, -0.1) is 0 Å². The maximum atomic E-state index is 6.30. The molecule has 1 aromatic carbocycles. The second-order valence-corrected chi connectivity index (χ2v) is 5.71. The van der Waals surface area contributed by atoms with E-state index in [0.29, 0.717) is 0 Å². The van der Waals surface area contributed by atoms with Crippen molar-refractivity contribution in [2.75, 3.05) is 25.5 Å². The first kappa shape index (κ1) is 13.7. The first-order chi connectivity index (χ1) is 8.72. The van der Waals surface area contributed by atoms with E-state index in [1.807, 2.05) is 19.2 Å². The van der Waals surface area contributed by atoms with Crippen molar-refractivity contribution in [1.82, 2.24) is 5.32 Å². The van der Waals surface area contributed by atoms with Gasteiger partial charge in [0, 0.05) is 36.4 Å². The van der Waals surface area contributed by atoms with E-state index in [9.17, 15) is 0 Å². The second kappa shape index (κ2) is 6.44. The van der Waals surface area contributed by atoms with Gasteiger partial charge in [0.2, 0.25) is 0 Å². The molecule has 0 aliphatic heterocycles. The molecule has 2 rings (SSSR count). The highest BCUT2D eigenvalue weighted by molar-refractivity contribution is 6.31. The van der Waals surface area contributed by atoms with Crippen molar-refractivity contribution in [2.45, 2.75) is 32.2 Å². The predicted octanol–water partition coefficient (Wildman–Crippen LogP) is 3.69. The first-order valence-corrected chi connectivity index (χ1v) is 7.23. The fraction of sp³-hybridized carbons (Fsp3) is 0.600. The molecule has 2 nitrogen and oxygen atoms in total. The quantitative estimate of drug-likeness (QED) is 0.875. The molecule has 0 spiro atoms. The molecular formula is C15H23ClN2. The Balaban J connectivity index is 2.12. The zero-order valence-corrected chi connectivity index (χ0v) is 12.1. The summed E-state index contributed by atoms with van der Waals surface area (Å²) in [5, 5.41) is 4.06. The summed E-state index contributed by atoms with van der Waals surface area (Å²) in [6.45, 7) is 1.97. The normalized spacial score (nSPS) is 16.2. The Hall–Kier alpha value is -0.730. The molecule has 0 heterocycles. The number of nitrogens with zero attached hydrogens (tertiary/aromatic N) is 1. The van der Waals surface area contributed by atoms with Crippen LogP contribution in [-0.2, 0) is 6.54 Å². The van der Waals surface area contributed by atoms with E-state index in [2.05, 4.69) is 23.3 Å². The van der Waals surface area contributed by atoms with Crippen molar-refractivity contribution in [2.24, 2.45) is 5.92 Å². The van der Waals surface area contributed by atoms with Gasteiger partial charge in [0.1, 0.15) is 0 Å². The van der Waals surface area contributed by atoms with Crippen LogP contribution in [0.25, 0.3) is 0 Å². The standard InChI is InChI=1S/C15H23ClN2/c1-17-10-13-14(16)8-5-9-15(13)18(2)11-12-6-3-4-7-12/h5,8-9,12,17H,3-4,6-7,10-11H2,1-2H3. The predicted molar refractivity (Wildman–Crippen MR) is 79.4 cm³/mol. The summed E-state index contributed by atoms with van der Waals surface area (Å²) >= 11 is 6.30. The topological polar surface area (TPSA) is 15.3 Å². The first-order valence-electron chi connectivity index (χ1n) is 6.85. The van der Waals surface area contributed by atoms with Gasteiger partial charge >= 0.3 is 0 Å². The molecular weight excluding hydrogens is 244 g/mol. The molecule has 1 N–H and O–H groups in total. The van der Waals surface area contributed by atoms with Gasteiger partial charge < -0.3 is 10.2 Å². The average molecular weight is 267 g/mol. The molecule has 3 heteroatoms. The van der Waals surface area contributed by atoms with E-state index in [4.69, 9.17) is 11.6 Å². The lowest BCUT2D eigenvalue weighted by atomic mass is 10.1. The van der Waals surface area contributed by atoms with Crippen LogP contribution in [0.1, 0.15) is 31.2 Å². The monoisotopic (exact) mass is 266 g/mol. The summed E-state index contributed by atoms with van der Waals surface area (Å²) in [6, 6.07) is 6.19. The number of anilines is 1. The highest BCUT2D eigenvalue weighted by atomic mass is 35.5. The molecule has 0 radical (unpaired) electrons. The molecule has 1 aromatic rings. The van der Waals surface area contributed by atoms with Gasteiger partial charge in [-0.1, -0.05) is 30.5 Å². The Labute approximate surface area is 115 Å². The minimum Gasteiger partial charge on any atom is -0.374 e. The van der Waals surface area contributed by atoms with E-state index in [1.165, 1.54) is 36.9 Å². The zero-order valence-electron chi connectivity index (χ0n) is 11.4. The van der Waals surface area contributed by atoms with Crippen molar-refractivity contribution in [3.63, 3.8) is 0 Å². The SMILES string of the molecule is CNCc1c(Cl)cccc1N(C)CC1CCCC1. The molecule has 0 amide bonds. The lowest BCUT2D eigenvalue weighted by Gasteiger charge is -2.26. The summed E-state index contributed by atoms with van der Waals surface area (Å²) in [5.41, 5.74) is 2.48. The Morgan fingerprint density at radius 2 is 2.06 bits per heavy atom. The van der Waals surface area contributed by atoms with Crippen molar-refractivity contribution < 1.29 is 0 Å². The maximum Gasteiger partial charge on any atom is 0.0471 e. The van der Waals surface area contributed by atoms with Crippen LogP contribution < -0.4 is 10.2 Å². The molecule has 0 bridgehead atoms. The van der Waals surface area contributed by atoms with Gasteiger partial charge in [-0.25, -0.2) is 0 Å². The Morgan fingerprint density at radius 3 is 2.72 bits per heavy atom. The largest absolute Gasteiger partial charge is 0.374 e. The van der Waals surface area contributed by atoms with Gasteiger partial charge in [0.15, 0.2) is 0 Å². The molecule has 1 aliphatic carbocycles. The molecule has 1 fully saturated rings. The number of hydrogen-bond donors (Lipinski definition) is 1. The lowest BCUT2D eigenvalue weighted by molar-refractivity contribution is 0.546. The lowest BCUT2D eigenvalue weighted by Crippen LogP contribution is -2.25. The summed E-state index contributed by atoms with van der Waals surface area (Å²) < 4.78 is 0. The van der Waals surface area contributed by atoms with E-state index >= 15 is 0 Å². The summed E-state index contributed by atoms with van der Waals surface area (Å²) in [7, 11) is 4.15. The second-order valence-electron chi connectivity index (χ2n) is 5.30. The third-order valence-corrected chi connectivity index (χ3v) is 4.22. The van der Waals surface area contributed by atoms with Crippen LogP contribution >= 0.6 is 11.6 Å². The minimum absolute atomic E-state index is 0.823. The highest BCUT2D eigenvalue weighted by Gasteiger charge is 2.18. The summed E-state index contributed by atoms with van der Waals surface area (Å²) in [4.78, 5) is 2.37. The minimum atomic E-state index is 0.823. The van der Waals surface area contributed by atoms with Crippen molar-refractivity contribution in [3.8, 4) is 0 Å². The molecule has 0 unspecified atom stereocenters. The molecule has 0 aromatic heterocycles. The molecule has 0 saturated heterocycles. The van der Waals surface area contributed by atoms with Crippen LogP contribution in [0, 0.1) is 5.92 Å². The van der Waals surface area contributed by atoms with Crippen LogP contribution in [0.5, 0.6) is 0 Å². The van der Waals surface area contributed by atoms with Gasteiger partial charge in [-0.05, 0) is 37.9 Å². The number of rotatable bonds is 5. The fourth-order valence-corrected chi connectivity index (χ4v) is 3.17. The Bertz CT molecular complexity index is 386. The average Bonchev–Trinajstić information content (AvgIpc) is 2.84. The van der Waals surface area contributed by atoms with Gasteiger partial charge in [-0.3, -0.25) is 0 Å². The summed E-state index contributed by atoms with van der Waals surface area (Å²) in [6.07, 6.45) is 5.56. The molecule has 18 heavy (non-hydrogen) atoms. The van der Waals surface area contributed by atoms with Crippen molar-refractivity contribution >= 4 is 17.3 Å². The van der Waals surface area contributed by atoms with E-state index in [1.54, 1.807) is 0 Å². The summed E-state index contributed by atoms with van der Waals surface area (Å²) in [5.74, 6) is 0.858. The van der Waals surface area contributed by atoms with Crippen LogP contribution in [0.15, 0.2) is 18.2 Å². The van der Waals surface area contributed by atoms with Crippen LogP contribution in [0.2, 0.25) is 5.02 Å². The maximum absolute atomic E-state index is 6.30. The van der Waals surface area contributed by atoms with Gasteiger partial charge in [0.05, 0.1) is 0 Å². The zero-order chi connectivity index (χ0) is 13.0. The van der Waals surface area contributed by atoms with Crippen molar-refractivity contribution in [1.29, 1.82) is 0 Å². The van der Waals surface area contributed by atoms with E-state index in [-0.39, 0.29) is 0 Å². The van der Waals surface area contributed by atoms with Crippen molar-refractivity contribution in [3.05, 3.63) is 28.8 Å². The third-order valence-electron chi connectivity index (χ3n) is 3.87. The fourth-order valence-electron chi connectivity index (χ4n) is 2.94. The van der Waals surface area contributed by atoms with Crippen LogP contribution in [0.3, 0.4) is 0 Å². The molecule has 1 aliphatic rings. The molecule has 0 atom stereocenters. The Kier molecular flexibility index (Phi) is 4.90. The van der Waals surface area contributed by atoms with Gasteiger partial charge in [-0.2, -0.15) is 0 Å². The third kappa shape index (κ3) is 3.18. The number of halogens is 1. The molecule has 1 saturated carbocycles.